The maximum Gasteiger partial charge on any atom is 0.451 e. The highest BCUT2D eigenvalue weighted by Crippen LogP contribution is 2.32. The van der Waals surface area contributed by atoms with E-state index in [1.165, 1.54) is 6.92 Å². The van der Waals surface area contributed by atoms with Crippen LogP contribution in [0.5, 0.6) is 0 Å². The highest BCUT2D eigenvalue weighted by Gasteiger charge is 2.43. The number of rotatable bonds is 3. The quantitative estimate of drug-likeness (QED) is 0.806. The Labute approximate surface area is 118 Å². The minimum Gasteiger partial charge on any atom is -0.481 e. The van der Waals surface area contributed by atoms with Gasteiger partial charge in [-0.1, -0.05) is 30.3 Å². The van der Waals surface area contributed by atoms with E-state index in [9.17, 15) is 18.0 Å². The van der Waals surface area contributed by atoms with Gasteiger partial charge in [0.2, 0.25) is 5.76 Å². The fourth-order valence-electron chi connectivity index (χ4n) is 1.76. The number of benzene rings is 1. The Morgan fingerprint density at radius 1 is 1.33 bits per heavy atom. The van der Waals surface area contributed by atoms with Gasteiger partial charge in [-0.25, -0.2) is 9.79 Å². The summed E-state index contributed by atoms with van der Waals surface area (Å²) in [5.74, 6) is -2.57. The monoisotopic (exact) mass is 299 g/mol. The average molecular weight is 299 g/mol. The molecule has 0 amide bonds. The van der Waals surface area contributed by atoms with Gasteiger partial charge in [0.05, 0.1) is 12.3 Å². The van der Waals surface area contributed by atoms with Crippen molar-refractivity contribution in [1.29, 1.82) is 0 Å². The fraction of sp³-hybridized carbons (Fsp3) is 0.286. The molecule has 2 rings (SSSR count). The van der Waals surface area contributed by atoms with E-state index >= 15 is 0 Å². The van der Waals surface area contributed by atoms with E-state index in [4.69, 9.17) is 4.74 Å². The lowest BCUT2D eigenvalue weighted by molar-refractivity contribution is -0.145. The van der Waals surface area contributed by atoms with Gasteiger partial charge in [-0.15, -0.1) is 0 Å². The third-order valence-electron chi connectivity index (χ3n) is 2.65. The third kappa shape index (κ3) is 3.42. The van der Waals surface area contributed by atoms with Gasteiger partial charge >= 0.3 is 12.1 Å². The van der Waals surface area contributed by atoms with Gasteiger partial charge in [0, 0.05) is 0 Å². The van der Waals surface area contributed by atoms with Crippen LogP contribution in [0.2, 0.25) is 0 Å². The summed E-state index contributed by atoms with van der Waals surface area (Å²) in [7, 11) is 0. The Bertz CT molecular complexity index is 591. The van der Waals surface area contributed by atoms with Crippen molar-refractivity contribution in [3.8, 4) is 0 Å². The van der Waals surface area contributed by atoms with Crippen LogP contribution in [0.1, 0.15) is 12.5 Å². The molecule has 0 N–H and O–H groups in total. The van der Waals surface area contributed by atoms with Crippen LogP contribution in [0, 0.1) is 0 Å². The number of esters is 1. The number of carbonyl (C=O) groups excluding carboxylic acids is 1. The molecule has 0 bridgehead atoms. The Morgan fingerprint density at radius 2 is 2.00 bits per heavy atom. The molecule has 4 nitrogen and oxygen atoms in total. The van der Waals surface area contributed by atoms with Gasteiger partial charge < -0.3 is 9.47 Å². The van der Waals surface area contributed by atoms with E-state index in [2.05, 4.69) is 9.73 Å². The number of halogens is 3. The molecule has 1 aromatic carbocycles. The lowest BCUT2D eigenvalue weighted by atomic mass is 10.1. The molecule has 7 heteroatoms. The molecule has 0 radical (unpaired) electrons. The third-order valence-corrected chi connectivity index (χ3v) is 2.65. The minimum absolute atomic E-state index is 0.0519. The van der Waals surface area contributed by atoms with E-state index in [0.717, 1.165) is 0 Å². The first kappa shape index (κ1) is 15.1. The molecule has 0 atom stereocenters. The van der Waals surface area contributed by atoms with Crippen LogP contribution < -0.4 is 0 Å². The van der Waals surface area contributed by atoms with Crippen molar-refractivity contribution in [3.05, 3.63) is 47.4 Å². The van der Waals surface area contributed by atoms with Crippen molar-refractivity contribution in [1.82, 2.24) is 0 Å². The molecule has 1 heterocycles. The highest BCUT2D eigenvalue weighted by molar-refractivity contribution is 6.05. The molecule has 21 heavy (non-hydrogen) atoms. The zero-order valence-corrected chi connectivity index (χ0v) is 11.1. The van der Waals surface area contributed by atoms with Crippen LogP contribution >= 0.6 is 0 Å². The molecule has 112 valence electrons. The van der Waals surface area contributed by atoms with Crippen molar-refractivity contribution in [3.63, 3.8) is 0 Å². The van der Waals surface area contributed by atoms with Crippen molar-refractivity contribution in [2.75, 3.05) is 13.2 Å². The molecular weight excluding hydrogens is 287 g/mol. The first-order valence-electron chi connectivity index (χ1n) is 6.18. The smallest absolute Gasteiger partial charge is 0.451 e. The van der Waals surface area contributed by atoms with Gasteiger partial charge in [-0.05, 0) is 12.5 Å². The summed E-state index contributed by atoms with van der Waals surface area (Å²) < 4.78 is 47.9. The van der Waals surface area contributed by atoms with Crippen LogP contribution in [-0.2, 0) is 14.3 Å². The summed E-state index contributed by atoms with van der Waals surface area (Å²) in [4.78, 5) is 15.5. The Kier molecular flexibility index (Phi) is 4.30. The summed E-state index contributed by atoms with van der Waals surface area (Å²) in [6, 6.07) is 8.53. The number of ether oxygens (including phenoxy) is 2. The number of nitrogens with zero attached hydrogens (tertiary/aromatic N) is 1. The van der Waals surface area contributed by atoms with Crippen LogP contribution in [0.15, 0.2) is 46.8 Å². The van der Waals surface area contributed by atoms with E-state index < -0.39 is 23.6 Å². The number of alkyl halides is 3. The molecular formula is C14H12F3NO3. The molecule has 0 saturated heterocycles. The molecule has 0 aliphatic carbocycles. The van der Waals surface area contributed by atoms with Crippen molar-refractivity contribution >= 4 is 11.7 Å². The summed E-state index contributed by atoms with van der Waals surface area (Å²) >= 11 is 0. The number of allylic oxidation sites excluding steroid dienone is 1. The number of carbonyl (C=O) groups is 1. The predicted octanol–water partition coefficient (Wildman–Crippen LogP) is 2.84. The summed E-state index contributed by atoms with van der Waals surface area (Å²) in [5.41, 5.74) is -0.0263. The number of hydrogen-bond donors (Lipinski definition) is 0. The minimum atomic E-state index is -4.80. The first-order chi connectivity index (χ1) is 9.93. The normalized spacial score (nSPS) is 15.3. The molecule has 1 aliphatic heterocycles. The second-order valence-corrected chi connectivity index (χ2v) is 4.11. The number of hydrogen-bond acceptors (Lipinski definition) is 4. The molecule has 1 aromatic rings. The average Bonchev–Trinajstić information content (AvgIpc) is 2.47. The zero-order valence-electron chi connectivity index (χ0n) is 11.1. The first-order valence-corrected chi connectivity index (χ1v) is 6.18. The van der Waals surface area contributed by atoms with Crippen molar-refractivity contribution in [2.24, 2.45) is 4.99 Å². The van der Waals surface area contributed by atoms with E-state index in [-0.39, 0.29) is 18.9 Å². The van der Waals surface area contributed by atoms with Crippen LogP contribution in [0.25, 0.3) is 0 Å². The topological polar surface area (TPSA) is 47.9 Å². The largest absolute Gasteiger partial charge is 0.481 e. The highest BCUT2D eigenvalue weighted by atomic mass is 19.4. The predicted molar refractivity (Wildman–Crippen MR) is 68.6 cm³/mol. The maximum absolute atomic E-state index is 12.9. The van der Waals surface area contributed by atoms with Crippen molar-refractivity contribution in [2.45, 2.75) is 13.1 Å². The van der Waals surface area contributed by atoms with Gasteiger partial charge in [0.15, 0.2) is 5.70 Å². The van der Waals surface area contributed by atoms with Crippen LogP contribution in [0.3, 0.4) is 0 Å². The molecule has 0 aromatic heterocycles. The van der Waals surface area contributed by atoms with E-state index in [0.29, 0.717) is 5.56 Å². The second kappa shape index (κ2) is 5.99. The van der Waals surface area contributed by atoms with Gasteiger partial charge in [0.25, 0.3) is 0 Å². The summed E-state index contributed by atoms with van der Waals surface area (Å²) in [6.45, 7) is 1.09. The molecule has 0 spiro atoms. The molecule has 0 unspecified atom stereocenters. The maximum atomic E-state index is 12.9. The van der Waals surface area contributed by atoms with E-state index in [1.54, 1.807) is 30.3 Å². The Hall–Kier alpha value is -2.31. The van der Waals surface area contributed by atoms with Crippen LogP contribution in [-0.4, -0.2) is 31.1 Å². The Balaban J connectivity index is 2.46. The molecule has 0 fully saturated rings. The number of aliphatic imine (C=N–C) groups is 1. The van der Waals surface area contributed by atoms with Gasteiger partial charge in [-0.3, -0.25) is 0 Å². The summed E-state index contributed by atoms with van der Waals surface area (Å²) in [6.07, 6.45) is -4.80. The second-order valence-electron chi connectivity index (χ2n) is 4.11. The van der Waals surface area contributed by atoms with Crippen molar-refractivity contribution < 1.29 is 27.4 Å². The SMILES string of the molecule is CCOC(=O)C1=C(C(F)(F)F)OCC(c2ccccc2)=N1. The van der Waals surface area contributed by atoms with Crippen LogP contribution in [0.4, 0.5) is 13.2 Å². The lowest BCUT2D eigenvalue weighted by Gasteiger charge is -2.21. The fourth-order valence-corrected chi connectivity index (χ4v) is 1.76. The van der Waals surface area contributed by atoms with E-state index in [1.807, 2.05) is 0 Å². The van der Waals surface area contributed by atoms with Gasteiger partial charge in [-0.2, -0.15) is 13.2 Å². The Morgan fingerprint density at radius 3 is 2.57 bits per heavy atom. The standard InChI is InChI=1S/C14H12F3NO3/c1-2-20-13(19)11-12(14(15,16)17)21-8-10(18-11)9-6-4-3-5-7-9/h3-7H,2,8H2,1H3. The summed E-state index contributed by atoms with van der Waals surface area (Å²) in [5, 5.41) is 0. The molecule has 1 aliphatic rings. The lowest BCUT2D eigenvalue weighted by Crippen LogP contribution is -2.28. The van der Waals surface area contributed by atoms with Gasteiger partial charge in [0.1, 0.15) is 6.61 Å². The molecule has 0 saturated carbocycles. The zero-order chi connectivity index (χ0) is 15.5.